The van der Waals surface area contributed by atoms with Gasteiger partial charge < -0.3 is 10.4 Å². The van der Waals surface area contributed by atoms with E-state index in [0.29, 0.717) is 0 Å². The van der Waals surface area contributed by atoms with Crippen LogP contribution in [0.3, 0.4) is 0 Å². The van der Waals surface area contributed by atoms with E-state index in [1.54, 1.807) is 6.92 Å². The molecule has 27 heavy (non-hydrogen) atoms. The number of aromatic nitrogens is 1. The second kappa shape index (κ2) is 7.41. The molecule has 3 rings (SSSR count). The first-order chi connectivity index (χ1) is 12.7. The van der Waals surface area contributed by atoms with Gasteiger partial charge in [-0.1, -0.05) is 11.6 Å². The van der Waals surface area contributed by atoms with Crippen molar-refractivity contribution in [3.05, 3.63) is 64.1 Å². The molecule has 0 aliphatic rings. The van der Waals surface area contributed by atoms with Crippen LogP contribution < -0.4 is 5.32 Å². The Hall–Kier alpha value is -2.23. The van der Waals surface area contributed by atoms with Gasteiger partial charge in [0.25, 0.3) is 0 Å². The summed E-state index contributed by atoms with van der Waals surface area (Å²) in [5.41, 5.74) is 0.230. The zero-order valence-electron chi connectivity index (χ0n) is 13.8. The van der Waals surface area contributed by atoms with Gasteiger partial charge in [0.2, 0.25) is 14.2 Å². The number of phenols is 1. The third-order valence-corrected chi connectivity index (χ3v) is 7.05. The predicted molar refractivity (Wildman–Crippen MR) is 99.1 cm³/mol. The zero-order chi connectivity index (χ0) is 19.8. The molecular weight excluding hydrogens is 418 g/mol. The SMILES string of the molecule is C[C@H](Nc1cc(F)c(S(=O)(=O)c2nccs2)cc1Cl)c1cc(O)ccc1F. The van der Waals surface area contributed by atoms with Gasteiger partial charge in [0.15, 0.2) is 0 Å². The van der Waals surface area contributed by atoms with Crippen molar-refractivity contribution in [2.45, 2.75) is 22.2 Å². The fraction of sp³-hybridized carbons (Fsp3) is 0.118. The van der Waals surface area contributed by atoms with Crippen LogP contribution in [-0.4, -0.2) is 18.5 Å². The summed E-state index contributed by atoms with van der Waals surface area (Å²) in [5, 5.41) is 13.7. The summed E-state index contributed by atoms with van der Waals surface area (Å²) in [6, 6.07) is 4.79. The normalized spacial score (nSPS) is 12.7. The molecule has 0 saturated heterocycles. The van der Waals surface area contributed by atoms with Crippen molar-refractivity contribution in [3.8, 4) is 5.75 Å². The second-order valence-corrected chi connectivity index (χ2v) is 9.03. The maximum Gasteiger partial charge on any atom is 0.236 e. The predicted octanol–water partition coefficient (Wildman–Crippen LogP) is 4.79. The maximum atomic E-state index is 14.5. The number of anilines is 1. The van der Waals surface area contributed by atoms with E-state index in [1.807, 2.05) is 0 Å². The van der Waals surface area contributed by atoms with Gasteiger partial charge in [0.05, 0.1) is 16.8 Å². The number of nitrogens with zero attached hydrogens (tertiary/aromatic N) is 1. The quantitative estimate of drug-likeness (QED) is 0.608. The first-order valence-corrected chi connectivity index (χ1v) is 10.3. The molecule has 0 unspecified atom stereocenters. The highest BCUT2D eigenvalue weighted by Crippen LogP contribution is 2.34. The molecule has 5 nitrogen and oxygen atoms in total. The lowest BCUT2D eigenvalue weighted by Crippen LogP contribution is -2.11. The van der Waals surface area contributed by atoms with E-state index in [1.165, 1.54) is 23.7 Å². The second-order valence-electron chi connectivity index (χ2n) is 5.64. The molecule has 1 atom stereocenters. The van der Waals surface area contributed by atoms with Crippen LogP contribution in [0, 0.1) is 11.6 Å². The number of rotatable bonds is 5. The van der Waals surface area contributed by atoms with Crippen molar-refractivity contribution in [2.75, 3.05) is 5.32 Å². The molecule has 142 valence electrons. The Labute approximate surface area is 163 Å². The monoisotopic (exact) mass is 430 g/mol. The van der Waals surface area contributed by atoms with E-state index in [0.717, 1.165) is 29.5 Å². The van der Waals surface area contributed by atoms with E-state index in [-0.39, 0.29) is 26.4 Å². The van der Waals surface area contributed by atoms with E-state index >= 15 is 0 Å². The Morgan fingerprint density at radius 1 is 1.22 bits per heavy atom. The number of hydrogen-bond acceptors (Lipinski definition) is 6. The van der Waals surface area contributed by atoms with Crippen molar-refractivity contribution in [1.82, 2.24) is 4.98 Å². The highest BCUT2D eigenvalue weighted by molar-refractivity contribution is 7.93. The standard InChI is InChI=1S/C17H13ClF2N2O3S2/c1-9(11-6-10(23)2-3-13(11)19)22-15-8-14(20)16(7-12(15)18)27(24,25)17-21-4-5-26-17/h2-9,22-23H,1H3/t9-/m0/s1. The molecule has 2 N–H and O–H groups in total. The van der Waals surface area contributed by atoms with E-state index in [2.05, 4.69) is 10.3 Å². The number of halogens is 3. The topological polar surface area (TPSA) is 79.3 Å². The molecule has 0 fully saturated rings. The number of aromatic hydroxyl groups is 1. The van der Waals surface area contributed by atoms with Gasteiger partial charge in [-0.2, -0.15) is 0 Å². The Kier molecular flexibility index (Phi) is 5.36. The van der Waals surface area contributed by atoms with Crippen molar-refractivity contribution >= 4 is 38.5 Å². The van der Waals surface area contributed by atoms with Crippen LogP contribution in [0.25, 0.3) is 0 Å². The maximum absolute atomic E-state index is 14.5. The Morgan fingerprint density at radius 2 is 1.96 bits per heavy atom. The molecular formula is C17H13ClF2N2O3S2. The Balaban J connectivity index is 1.95. The molecule has 2 aromatic carbocycles. The lowest BCUT2D eigenvalue weighted by Gasteiger charge is -2.18. The van der Waals surface area contributed by atoms with E-state index in [9.17, 15) is 22.3 Å². The van der Waals surface area contributed by atoms with Crippen LogP contribution in [-0.2, 0) is 9.84 Å². The highest BCUT2D eigenvalue weighted by Gasteiger charge is 2.26. The molecule has 0 amide bonds. The number of hydrogen-bond donors (Lipinski definition) is 2. The average Bonchev–Trinajstić information content (AvgIpc) is 3.15. The first-order valence-electron chi connectivity index (χ1n) is 7.58. The Morgan fingerprint density at radius 3 is 2.63 bits per heavy atom. The molecule has 1 heterocycles. The molecule has 0 saturated carbocycles. The third-order valence-electron chi connectivity index (χ3n) is 3.77. The molecule has 1 aromatic heterocycles. The Bertz CT molecular complexity index is 1090. The number of phenolic OH excluding ortho intramolecular Hbond substituents is 1. The van der Waals surface area contributed by atoms with Gasteiger partial charge in [0.1, 0.15) is 22.3 Å². The smallest absolute Gasteiger partial charge is 0.236 e. The summed E-state index contributed by atoms with van der Waals surface area (Å²) >= 11 is 6.98. The number of thiazole rings is 1. The van der Waals surface area contributed by atoms with Gasteiger partial charge in [-0.25, -0.2) is 22.2 Å². The van der Waals surface area contributed by atoms with Crippen LogP contribution in [0.2, 0.25) is 5.02 Å². The summed E-state index contributed by atoms with van der Waals surface area (Å²) in [7, 11) is -4.13. The summed E-state index contributed by atoms with van der Waals surface area (Å²) < 4.78 is 53.1. The van der Waals surface area contributed by atoms with Crippen LogP contribution in [0.5, 0.6) is 5.75 Å². The minimum Gasteiger partial charge on any atom is -0.508 e. The number of sulfone groups is 1. The molecule has 10 heteroatoms. The van der Waals surface area contributed by atoms with Crippen molar-refractivity contribution < 1.29 is 22.3 Å². The van der Waals surface area contributed by atoms with Crippen LogP contribution in [0.15, 0.2) is 51.1 Å². The summed E-state index contributed by atoms with van der Waals surface area (Å²) in [4.78, 5) is 3.11. The number of benzene rings is 2. The van der Waals surface area contributed by atoms with E-state index in [4.69, 9.17) is 11.6 Å². The third kappa shape index (κ3) is 3.90. The van der Waals surface area contributed by atoms with Crippen LogP contribution >= 0.6 is 22.9 Å². The molecule has 0 aliphatic carbocycles. The minimum atomic E-state index is -4.13. The zero-order valence-corrected chi connectivity index (χ0v) is 16.2. The van der Waals surface area contributed by atoms with Crippen LogP contribution in [0.1, 0.15) is 18.5 Å². The lowest BCUT2D eigenvalue weighted by molar-refractivity contribution is 0.470. The molecule has 0 aliphatic heterocycles. The fourth-order valence-corrected chi connectivity index (χ4v) is 5.02. The largest absolute Gasteiger partial charge is 0.508 e. The van der Waals surface area contributed by atoms with Gasteiger partial charge >= 0.3 is 0 Å². The van der Waals surface area contributed by atoms with Gasteiger partial charge in [-0.15, -0.1) is 11.3 Å². The van der Waals surface area contributed by atoms with Gasteiger partial charge in [-0.05, 0) is 37.3 Å². The van der Waals surface area contributed by atoms with Gasteiger partial charge in [0, 0.05) is 17.1 Å². The molecule has 3 aromatic rings. The minimum absolute atomic E-state index is 0.0565. The van der Waals surface area contributed by atoms with Crippen molar-refractivity contribution in [2.24, 2.45) is 0 Å². The molecule has 0 bridgehead atoms. The number of nitrogens with one attached hydrogen (secondary N) is 1. The fourth-order valence-electron chi connectivity index (χ4n) is 2.46. The molecule has 0 radical (unpaired) electrons. The van der Waals surface area contributed by atoms with Crippen molar-refractivity contribution in [3.63, 3.8) is 0 Å². The summed E-state index contributed by atoms with van der Waals surface area (Å²) in [6.45, 7) is 1.59. The molecule has 0 spiro atoms. The summed E-state index contributed by atoms with van der Waals surface area (Å²) in [5.74, 6) is -1.70. The lowest BCUT2D eigenvalue weighted by atomic mass is 10.1. The van der Waals surface area contributed by atoms with Crippen molar-refractivity contribution in [1.29, 1.82) is 0 Å². The summed E-state index contributed by atoms with van der Waals surface area (Å²) in [6.07, 6.45) is 1.30. The van der Waals surface area contributed by atoms with Crippen LogP contribution in [0.4, 0.5) is 14.5 Å². The highest BCUT2D eigenvalue weighted by atomic mass is 35.5. The van der Waals surface area contributed by atoms with Gasteiger partial charge in [-0.3, -0.25) is 0 Å². The first kappa shape index (κ1) is 19.5. The average molecular weight is 431 g/mol. The van der Waals surface area contributed by atoms with E-state index < -0.39 is 32.4 Å².